The second-order valence-electron chi connectivity index (χ2n) is 7.91. The van der Waals surface area contributed by atoms with E-state index in [0.717, 1.165) is 17.2 Å². The second kappa shape index (κ2) is 11.5. The zero-order valence-corrected chi connectivity index (χ0v) is 20.2. The molecule has 3 aromatic carbocycles. The van der Waals surface area contributed by atoms with Crippen molar-refractivity contribution in [3.8, 4) is 5.75 Å². The smallest absolute Gasteiger partial charge is 0.258 e. The molecule has 0 spiro atoms. The lowest BCUT2D eigenvalue weighted by atomic mass is 10.0. The van der Waals surface area contributed by atoms with E-state index in [-0.39, 0.29) is 34.5 Å². The number of carbonyl (C=O) groups is 3. The Hall–Kier alpha value is -3.91. The third kappa shape index (κ3) is 7.04. The van der Waals surface area contributed by atoms with Crippen LogP contribution in [0.3, 0.4) is 0 Å². The highest BCUT2D eigenvalue weighted by Crippen LogP contribution is 2.29. The Morgan fingerprint density at radius 2 is 1.71 bits per heavy atom. The van der Waals surface area contributed by atoms with Gasteiger partial charge in [-0.3, -0.25) is 14.4 Å². The third-order valence-electron chi connectivity index (χ3n) is 5.15. The van der Waals surface area contributed by atoms with Gasteiger partial charge in [-0.2, -0.15) is 0 Å². The van der Waals surface area contributed by atoms with E-state index in [4.69, 9.17) is 16.3 Å². The molecule has 1 unspecified atom stereocenters. The van der Waals surface area contributed by atoms with Crippen molar-refractivity contribution in [1.29, 1.82) is 0 Å². The molecule has 3 N–H and O–H groups in total. The van der Waals surface area contributed by atoms with Gasteiger partial charge in [-0.25, -0.2) is 4.39 Å². The van der Waals surface area contributed by atoms with Gasteiger partial charge in [-0.1, -0.05) is 41.4 Å². The van der Waals surface area contributed by atoms with Gasteiger partial charge < -0.3 is 20.7 Å². The minimum Gasteiger partial charge on any atom is -0.495 e. The first-order valence-corrected chi connectivity index (χ1v) is 11.1. The van der Waals surface area contributed by atoms with Crippen LogP contribution in [0.15, 0.2) is 60.7 Å². The number of carbonyl (C=O) groups excluding carboxylic acids is 3. The number of rotatable bonds is 8. The van der Waals surface area contributed by atoms with Gasteiger partial charge in [0.05, 0.1) is 30.8 Å². The average Bonchev–Trinajstić information content (AvgIpc) is 2.79. The number of anilines is 2. The lowest BCUT2D eigenvalue weighted by Crippen LogP contribution is -2.29. The molecule has 0 saturated heterocycles. The van der Waals surface area contributed by atoms with Crippen molar-refractivity contribution in [3.63, 3.8) is 0 Å². The van der Waals surface area contributed by atoms with Crippen molar-refractivity contribution in [2.75, 3.05) is 17.7 Å². The van der Waals surface area contributed by atoms with Crippen LogP contribution in [0.2, 0.25) is 5.02 Å². The Kier molecular flexibility index (Phi) is 8.43. The predicted octanol–water partition coefficient (Wildman–Crippen LogP) is 5.25. The van der Waals surface area contributed by atoms with Crippen LogP contribution in [0.5, 0.6) is 5.75 Å². The van der Waals surface area contributed by atoms with Gasteiger partial charge >= 0.3 is 0 Å². The van der Waals surface area contributed by atoms with Gasteiger partial charge in [0.1, 0.15) is 11.6 Å². The Morgan fingerprint density at radius 3 is 2.34 bits per heavy atom. The van der Waals surface area contributed by atoms with Gasteiger partial charge in [0.2, 0.25) is 11.8 Å². The molecule has 182 valence electrons. The molecule has 0 radical (unpaired) electrons. The van der Waals surface area contributed by atoms with Gasteiger partial charge in [0, 0.05) is 17.6 Å². The van der Waals surface area contributed by atoms with E-state index in [2.05, 4.69) is 16.0 Å². The van der Waals surface area contributed by atoms with Crippen molar-refractivity contribution in [3.05, 3.63) is 88.2 Å². The molecule has 9 heteroatoms. The second-order valence-corrected chi connectivity index (χ2v) is 8.35. The van der Waals surface area contributed by atoms with Crippen LogP contribution in [0.1, 0.15) is 40.9 Å². The number of nitrogens with one attached hydrogen (secondary N) is 3. The van der Waals surface area contributed by atoms with Crippen LogP contribution in [0.25, 0.3) is 0 Å². The molecule has 0 aliphatic carbocycles. The molecule has 0 aromatic heterocycles. The molecule has 7 nitrogen and oxygen atoms in total. The number of hydrogen-bond donors (Lipinski definition) is 3. The Morgan fingerprint density at radius 1 is 1.00 bits per heavy atom. The minimum atomic E-state index is -0.765. The van der Waals surface area contributed by atoms with Crippen LogP contribution in [0, 0.1) is 12.7 Å². The lowest BCUT2D eigenvalue weighted by molar-refractivity contribution is -0.120. The summed E-state index contributed by atoms with van der Waals surface area (Å²) in [6, 6.07) is 15.4. The van der Waals surface area contributed by atoms with E-state index in [1.807, 2.05) is 31.2 Å². The van der Waals surface area contributed by atoms with E-state index in [9.17, 15) is 18.8 Å². The Balaban J connectivity index is 1.76. The molecule has 35 heavy (non-hydrogen) atoms. The van der Waals surface area contributed by atoms with Crippen molar-refractivity contribution < 1.29 is 23.5 Å². The van der Waals surface area contributed by atoms with Gasteiger partial charge in [-0.15, -0.1) is 0 Å². The molecule has 0 aliphatic rings. The largest absolute Gasteiger partial charge is 0.495 e. The van der Waals surface area contributed by atoms with E-state index in [1.54, 1.807) is 12.1 Å². The maximum atomic E-state index is 14.1. The molecule has 0 aliphatic heterocycles. The number of amides is 3. The fourth-order valence-corrected chi connectivity index (χ4v) is 3.60. The molecule has 1 atom stereocenters. The first kappa shape index (κ1) is 25.7. The zero-order valence-electron chi connectivity index (χ0n) is 19.4. The minimum absolute atomic E-state index is 0.00759. The fraction of sp³-hybridized carbons (Fsp3) is 0.192. The molecular weight excluding hydrogens is 473 g/mol. The summed E-state index contributed by atoms with van der Waals surface area (Å²) < 4.78 is 19.4. The van der Waals surface area contributed by atoms with Crippen LogP contribution >= 0.6 is 11.6 Å². The number of hydrogen-bond acceptors (Lipinski definition) is 4. The monoisotopic (exact) mass is 497 g/mol. The molecule has 3 aromatic rings. The number of halogens is 2. The summed E-state index contributed by atoms with van der Waals surface area (Å²) in [5.74, 6) is -1.76. The van der Waals surface area contributed by atoms with E-state index in [1.165, 1.54) is 32.2 Å². The molecule has 0 fully saturated rings. The van der Waals surface area contributed by atoms with Crippen molar-refractivity contribution in [2.24, 2.45) is 0 Å². The summed E-state index contributed by atoms with van der Waals surface area (Å²) in [5, 5.41) is 8.32. The van der Waals surface area contributed by atoms with Crippen LogP contribution < -0.4 is 20.7 Å². The first-order chi connectivity index (χ1) is 16.7. The maximum absolute atomic E-state index is 14.1. The average molecular weight is 498 g/mol. The summed E-state index contributed by atoms with van der Waals surface area (Å²) in [4.78, 5) is 37.1. The highest BCUT2D eigenvalue weighted by molar-refractivity contribution is 6.30. The van der Waals surface area contributed by atoms with E-state index < -0.39 is 17.8 Å². The normalized spacial score (nSPS) is 11.3. The summed E-state index contributed by atoms with van der Waals surface area (Å²) >= 11 is 5.75. The lowest BCUT2D eigenvalue weighted by Gasteiger charge is -2.19. The Bertz CT molecular complexity index is 1250. The molecule has 0 heterocycles. The summed E-state index contributed by atoms with van der Waals surface area (Å²) in [6.45, 7) is 3.34. The molecule has 3 rings (SSSR count). The van der Waals surface area contributed by atoms with Crippen LogP contribution in [-0.2, 0) is 9.59 Å². The standard InChI is InChI=1S/C26H25ClFN3O4/c1-15-4-6-17(7-5-15)22(29-16(2)32)14-25(33)30-19-9-11-24(35-3)23(13-19)31-26(34)20-10-8-18(27)12-21(20)28/h4-13,22H,14H2,1-3H3,(H,29,32)(H,30,33)(H,31,34). The molecule has 0 saturated carbocycles. The number of methoxy groups -OCH3 is 1. The van der Waals surface area contributed by atoms with Gasteiger partial charge in [-0.05, 0) is 48.9 Å². The van der Waals surface area contributed by atoms with Crippen LogP contribution in [0.4, 0.5) is 15.8 Å². The van der Waals surface area contributed by atoms with Crippen molar-refractivity contribution in [1.82, 2.24) is 5.32 Å². The third-order valence-corrected chi connectivity index (χ3v) is 5.39. The highest BCUT2D eigenvalue weighted by atomic mass is 35.5. The number of aryl methyl sites for hydroxylation is 1. The van der Waals surface area contributed by atoms with E-state index >= 15 is 0 Å². The van der Waals surface area contributed by atoms with Crippen LogP contribution in [-0.4, -0.2) is 24.8 Å². The molecule has 0 bridgehead atoms. The SMILES string of the molecule is COc1ccc(NC(=O)CC(NC(C)=O)c2ccc(C)cc2)cc1NC(=O)c1ccc(Cl)cc1F. The summed E-state index contributed by atoms with van der Waals surface area (Å²) in [6.07, 6.45) is -0.00759. The fourth-order valence-electron chi connectivity index (χ4n) is 3.44. The molecular formula is C26H25ClFN3O4. The van der Waals surface area contributed by atoms with Gasteiger partial charge in [0.15, 0.2) is 0 Å². The predicted molar refractivity (Wildman–Crippen MR) is 133 cm³/mol. The number of benzene rings is 3. The Labute approximate surface area is 207 Å². The van der Waals surface area contributed by atoms with Crippen molar-refractivity contribution >= 4 is 40.7 Å². The van der Waals surface area contributed by atoms with Crippen molar-refractivity contribution in [2.45, 2.75) is 26.3 Å². The number of ether oxygens (including phenoxy) is 1. The first-order valence-electron chi connectivity index (χ1n) is 10.7. The van der Waals surface area contributed by atoms with E-state index in [0.29, 0.717) is 11.4 Å². The maximum Gasteiger partial charge on any atom is 0.258 e. The van der Waals surface area contributed by atoms with Gasteiger partial charge in [0.25, 0.3) is 5.91 Å². The summed E-state index contributed by atoms with van der Waals surface area (Å²) in [5.41, 5.74) is 2.29. The topological polar surface area (TPSA) is 96.5 Å². The summed E-state index contributed by atoms with van der Waals surface area (Å²) in [7, 11) is 1.42. The highest BCUT2D eigenvalue weighted by Gasteiger charge is 2.19. The molecule has 3 amide bonds. The zero-order chi connectivity index (χ0) is 25.5. The quantitative estimate of drug-likeness (QED) is 0.396.